The second kappa shape index (κ2) is 7.40. The largest absolute Gasteiger partial charge is 0.376 e. The van der Waals surface area contributed by atoms with Crippen molar-refractivity contribution >= 4 is 17.2 Å². The Morgan fingerprint density at radius 2 is 2.29 bits per heavy atom. The molecule has 1 atom stereocenters. The van der Waals surface area contributed by atoms with Crippen LogP contribution in [0.5, 0.6) is 0 Å². The van der Waals surface area contributed by atoms with Crippen molar-refractivity contribution < 1.29 is 13.9 Å². The Balaban J connectivity index is 1.83. The molecule has 0 saturated carbocycles. The fourth-order valence-corrected chi connectivity index (χ4v) is 3.87. The van der Waals surface area contributed by atoms with Crippen LogP contribution in [0.1, 0.15) is 38.8 Å². The lowest BCUT2D eigenvalue weighted by molar-refractivity contribution is 0.0510. The predicted octanol–water partition coefficient (Wildman–Crippen LogP) is 3.72. The number of hydrogen-bond donors (Lipinski definition) is 0. The maximum atomic E-state index is 13.5. The highest BCUT2D eigenvalue weighted by molar-refractivity contribution is 7.13. The van der Waals surface area contributed by atoms with Gasteiger partial charge in [-0.05, 0) is 44.4 Å². The van der Waals surface area contributed by atoms with E-state index in [1.807, 2.05) is 19.9 Å². The number of benzene rings is 1. The van der Waals surface area contributed by atoms with Gasteiger partial charge in [0.2, 0.25) is 0 Å². The Morgan fingerprint density at radius 3 is 2.92 bits per heavy atom. The van der Waals surface area contributed by atoms with Crippen molar-refractivity contribution in [1.29, 1.82) is 0 Å². The standard InChI is InChI=1S/C18H21FN2O2S/c1-12-17(24-13(2)20-12)18(22)21(11-16-7-4-8-23-16)10-14-5-3-6-15(19)9-14/h3,5-6,9,16H,4,7-8,10-11H2,1-2H3/t16-/m0/s1. The summed E-state index contributed by atoms with van der Waals surface area (Å²) < 4.78 is 19.2. The number of rotatable bonds is 5. The van der Waals surface area contributed by atoms with Gasteiger partial charge in [-0.1, -0.05) is 12.1 Å². The molecule has 1 saturated heterocycles. The molecule has 1 aliphatic heterocycles. The minimum atomic E-state index is -0.290. The summed E-state index contributed by atoms with van der Waals surface area (Å²) in [5, 5.41) is 0.874. The van der Waals surface area contributed by atoms with Crippen LogP contribution in [-0.4, -0.2) is 35.0 Å². The number of aryl methyl sites for hydroxylation is 2. The SMILES string of the molecule is Cc1nc(C)c(C(=O)N(Cc2cccc(F)c2)C[C@@H]2CCCO2)s1. The minimum absolute atomic E-state index is 0.0526. The summed E-state index contributed by atoms with van der Waals surface area (Å²) in [5.74, 6) is -0.348. The molecule has 1 fully saturated rings. The molecular weight excluding hydrogens is 327 g/mol. The molecule has 128 valence electrons. The van der Waals surface area contributed by atoms with Gasteiger partial charge in [-0.15, -0.1) is 11.3 Å². The van der Waals surface area contributed by atoms with Crippen LogP contribution in [0, 0.1) is 19.7 Å². The van der Waals surface area contributed by atoms with E-state index in [0.717, 1.165) is 35.7 Å². The zero-order valence-corrected chi connectivity index (χ0v) is 14.7. The zero-order chi connectivity index (χ0) is 17.1. The highest BCUT2D eigenvalue weighted by Gasteiger charge is 2.26. The first-order chi connectivity index (χ1) is 11.5. The molecule has 2 heterocycles. The third-order valence-electron chi connectivity index (χ3n) is 4.10. The van der Waals surface area contributed by atoms with Gasteiger partial charge >= 0.3 is 0 Å². The fourth-order valence-electron chi connectivity index (χ4n) is 2.98. The average molecular weight is 348 g/mol. The lowest BCUT2D eigenvalue weighted by Gasteiger charge is -2.25. The third-order valence-corrected chi connectivity index (χ3v) is 5.16. The number of aromatic nitrogens is 1. The van der Waals surface area contributed by atoms with Gasteiger partial charge in [-0.25, -0.2) is 9.37 Å². The Hall–Kier alpha value is -1.79. The van der Waals surface area contributed by atoms with Gasteiger partial charge in [-0.3, -0.25) is 4.79 Å². The van der Waals surface area contributed by atoms with E-state index < -0.39 is 0 Å². The molecule has 24 heavy (non-hydrogen) atoms. The number of halogens is 1. The first kappa shape index (κ1) is 17.0. The molecular formula is C18H21FN2O2S. The molecule has 0 spiro atoms. The van der Waals surface area contributed by atoms with Crippen molar-refractivity contribution in [3.05, 3.63) is 51.2 Å². The number of hydrogen-bond acceptors (Lipinski definition) is 4. The molecule has 0 radical (unpaired) electrons. The van der Waals surface area contributed by atoms with Crippen LogP contribution in [-0.2, 0) is 11.3 Å². The van der Waals surface area contributed by atoms with Crippen molar-refractivity contribution in [2.45, 2.75) is 39.3 Å². The van der Waals surface area contributed by atoms with Crippen LogP contribution in [0.25, 0.3) is 0 Å². The van der Waals surface area contributed by atoms with Gasteiger partial charge in [0.15, 0.2) is 0 Å². The molecule has 0 unspecified atom stereocenters. The summed E-state index contributed by atoms with van der Waals surface area (Å²) in [6, 6.07) is 6.39. The monoisotopic (exact) mass is 348 g/mol. The number of amides is 1. The molecule has 6 heteroatoms. The molecule has 1 aromatic carbocycles. The summed E-state index contributed by atoms with van der Waals surface area (Å²) in [6.45, 7) is 5.37. The van der Waals surface area contributed by atoms with E-state index in [4.69, 9.17) is 4.74 Å². The minimum Gasteiger partial charge on any atom is -0.376 e. The molecule has 1 aliphatic rings. The van der Waals surface area contributed by atoms with Crippen LogP contribution < -0.4 is 0 Å². The molecule has 3 rings (SSSR count). The van der Waals surface area contributed by atoms with E-state index >= 15 is 0 Å². The zero-order valence-electron chi connectivity index (χ0n) is 13.9. The molecule has 1 amide bonds. The number of thiazole rings is 1. The van der Waals surface area contributed by atoms with Gasteiger partial charge < -0.3 is 9.64 Å². The Morgan fingerprint density at radius 1 is 1.46 bits per heavy atom. The van der Waals surface area contributed by atoms with E-state index in [-0.39, 0.29) is 17.8 Å². The average Bonchev–Trinajstić information content (AvgIpc) is 3.15. The predicted molar refractivity (Wildman–Crippen MR) is 91.7 cm³/mol. The van der Waals surface area contributed by atoms with Gasteiger partial charge in [0.25, 0.3) is 5.91 Å². The van der Waals surface area contributed by atoms with E-state index in [1.54, 1.807) is 11.0 Å². The maximum Gasteiger partial charge on any atom is 0.266 e. The van der Waals surface area contributed by atoms with Crippen molar-refractivity contribution in [3.63, 3.8) is 0 Å². The Bertz CT molecular complexity index is 726. The molecule has 1 aromatic heterocycles. The van der Waals surface area contributed by atoms with Crippen molar-refractivity contribution in [1.82, 2.24) is 9.88 Å². The summed E-state index contributed by atoms with van der Waals surface area (Å²) in [7, 11) is 0. The van der Waals surface area contributed by atoms with Crippen LogP contribution in [0.4, 0.5) is 4.39 Å². The van der Waals surface area contributed by atoms with Crippen molar-refractivity contribution in [3.8, 4) is 0 Å². The maximum absolute atomic E-state index is 13.5. The topological polar surface area (TPSA) is 42.4 Å². The third kappa shape index (κ3) is 3.99. The first-order valence-corrected chi connectivity index (χ1v) is 8.94. The fraction of sp³-hybridized carbons (Fsp3) is 0.444. The van der Waals surface area contributed by atoms with Crippen LogP contribution in [0.2, 0.25) is 0 Å². The van der Waals surface area contributed by atoms with Crippen LogP contribution in [0.3, 0.4) is 0 Å². The van der Waals surface area contributed by atoms with Gasteiger partial charge in [0.05, 0.1) is 16.8 Å². The van der Waals surface area contributed by atoms with E-state index in [1.165, 1.54) is 23.5 Å². The number of nitrogens with zero attached hydrogens (tertiary/aromatic N) is 2. The molecule has 0 N–H and O–H groups in total. The van der Waals surface area contributed by atoms with Crippen LogP contribution in [0.15, 0.2) is 24.3 Å². The van der Waals surface area contributed by atoms with Crippen molar-refractivity contribution in [2.75, 3.05) is 13.2 Å². The van der Waals surface area contributed by atoms with Crippen LogP contribution >= 0.6 is 11.3 Å². The highest BCUT2D eigenvalue weighted by atomic mass is 32.1. The van der Waals surface area contributed by atoms with Gasteiger partial charge in [-0.2, -0.15) is 0 Å². The lowest BCUT2D eigenvalue weighted by atomic mass is 10.1. The normalized spacial score (nSPS) is 17.2. The van der Waals surface area contributed by atoms with Crippen molar-refractivity contribution in [2.24, 2.45) is 0 Å². The summed E-state index contributed by atoms with van der Waals surface area (Å²) in [6.07, 6.45) is 2.02. The summed E-state index contributed by atoms with van der Waals surface area (Å²) in [4.78, 5) is 19.8. The number of carbonyl (C=O) groups is 1. The van der Waals surface area contributed by atoms with Gasteiger partial charge in [0, 0.05) is 19.7 Å². The second-order valence-electron chi connectivity index (χ2n) is 6.10. The van der Waals surface area contributed by atoms with E-state index in [9.17, 15) is 9.18 Å². The molecule has 0 aliphatic carbocycles. The van der Waals surface area contributed by atoms with E-state index in [0.29, 0.717) is 18.0 Å². The molecule has 2 aromatic rings. The lowest BCUT2D eigenvalue weighted by Crippen LogP contribution is -2.36. The Kier molecular flexibility index (Phi) is 5.26. The van der Waals surface area contributed by atoms with Gasteiger partial charge in [0.1, 0.15) is 10.7 Å². The molecule has 4 nitrogen and oxygen atoms in total. The number of carbonyl (C=O) groups excluding carboxylic acids is 1. The Labute approximate surface area is 145 Å². The van der Waals surface area contributed by atoms with E-state index in [2.05, 4.69) is 4.98 Å². The summed E-state index contributed by atoms with van der Waals surface area (Å²) >= 11 is 1.41. The molecule has 0 bridgehead atoms. The summed E-state index contributed by atoms with van der Waals surface area (Å²) in [5.41, 5.74) is 1.53. The first-order valence-electron chi connectivity index (χ1n) is 8.12. The highest BCUT2D eigenvalue weighted by Crippen LogP contribution is 2.22. The number of ether oxygens (including phenoxy) is 1. The smallest absolute Gasteiger partial charge is 0.266 e. The second-order valence-corrected chi connectivity index (χ2v) is 7.30. The quantitative estimate of drug-likeness (QED) is 0.827.